The van der Waals surface area contributed by atoms with E-state index in [0.717, 1.165) is 45.0 Å². The van der Waals surface area contributed by atoms with Crippen molar-refractivity contribution in [2.24, 2.45) is 0 Å². The Labute approximate surface area is 192 Å². The van der Waals surface area contributed by atoms with Crippen LogP contribution in [0.4, 0.5) is 5.69 Å². The molecule has 2 heterocycles. The van der Waals surface area contributed by atoms with Gasteiger partial charge in [0.25, 0.3) is 5.91 Å². The zero-order chi connectivity index (χ0) is 22.2. The Hall–Kier alpha value is -3.69. The van der Waals surface area contributed by atoms with Gasteiger partial charge < -0.3 is 9.73 Å². The Bertz CT molecular complexity index is 1510. The third-order valence-electron chi connectivity index (χ3n) is 4.93. The third kappa shape index (κ3) is 3.95. The first kappa shape index (κ1) is 20.2. The molecule has 9 heteroatoms. The van der Waals surface area contributed by atoms with Gasteiger partial charge in [0.2, 0.25) is 5.89 Å². The minimum absolute atomic E-state index is 0.188. The van der Waals surface area contributed by atoms with Crippen LogP contribution in [0.25, 0.3) is 33.6 Å². The molecular formula is C23H17N5O2S2. The summed E-state index contributed by atoms with van der Waals surface area (Å²) in [4.78, 5) is 17.2. The van der Waals surface area contributed by atoms with Crippen LogP contribution in [0.5, 0.6) is 0 Å². The Kier molecular flexibility index (Phi) is 5.12. The lowest BCUT2D eigenvalue weighted by Gasteiger charge is -2.10. The molecule has 1 amide bonds. The Morgan fingerprint density at radius 1 is 1.00 bits per heavy atom. The molecule has 0 bridgehead atoms. The molecule has 0 atom stereocenters. The van der Waals surface area contributed by atoms with Crippen molar-refractivity contribution in [3.8, 4) is 11.5 Å². The summed E-state index contributed by atoms with van der Waals surface area (Å²) in [6.45, 7) is 4.04. The number of carbonyl (C=O) groups is 1. The summed E-state index contributed by atoms with van der Waals surface area (Å²) in [7, 11) is 0. The van der Waals surface area contributed by atoms with Gasteiger partial charge >= 0.3 is 0 Å². The minimum atomic E-state index is -0.321. The summed E-state index contributed by atoms with van der Waals surface area (Å²) >= 11 is 6.44. The number of thiocarbonyl (C=S) groups is 1. The number of benzene rings is 3. The SMILES string of the molecule is Cc1cc(C)c2oc(-c3cccc(NC(=S)NC(=O)c4ccc5nsnc5c4)c3)nc2c1. The van der Waals surface area contributed by atoms with Gasteiger partial charge in [-0.05, 0) is 79.7 Å². The minimum Gasteiger partial charge on any atom is -0.436 e. The van der Waals surface area contributed by atoms with Crippen LogP contribution in [0.1, 0.15) is 21.5 Å². The molecule has 0 aliphatic heterocycles. The van der Waals surface area contributed by atoms with E-state index in [1.807, 2.05) is 44.2 Å². The second-order valence-corrected chi connectivity index (χ2v) is 8.34. The molecule has 5 rings (SSSR count). The van der Waals surface area contributed by atoms with Gasteiger partial charge in [0.1, 0.15) is 16.6 Å². The Morgan fingerprint density at radius 3 is 2.72 bits per heavy atom. The number of hydrogen-bond donors (Lipinski definition) is 2. The van der Waals surface area contributed by atoms with Crippen molar-refractivity contribution in [2.45, 2.75) is 13.8 Å². The topological polar surface area (TPSA) is 92.9 Å². The number of aromatic nitrogens is 3. The molecule has 0 aliphatic carbocycles. The summed E-state index contributed by atoms with van der Waals surface area (Å²) in [5.74, 6) is 0.204. The summed E-state index contributed by atoms with van der Waals surface area (Å²) in [6, 6.07) is 16.7. The molecule has 0 unspecified atom stereocenters. The third-order valence-corrected chi connectivity index (χ3v) is 5.69. The lowest BCUT2D eigenvalue weighted by molar-refractivity contribution is 0.0978. The summed E-state index contributed by atoms with van der Waals surface area (Å²) < 4.78 is 14.3. The molecular weight excluding hydrogens is 442 g/mol. The van der Waals surface area contributed by atoms with E-state index in [2.05, 4.69) is 30.4 Å². The van der Waals surface area contributed by atoms with E-state index >= 15 is 0 Å². The van der Waals surface area contributed by atoms with E-state index in [1.54, 1.807) is 18.2 Å². The highest BCUT2D eigenvalue weighted by Gasteiger charge is 2.13. The molecule has 2 N–H and O–H groups in total. The second-order valence-electron chi connectivity index (χ2n) is 7.41. The first-order valence-electron chi connectivity index (χ1n) is 9.79. The van der Waals surface area contributed by atoms with Crippen LogP contribution in [0.3, 0.4) is 0 Å². The molecule has 0 aliphatic rings. The molecule has 0 fully saturated rings. The molecule has 2 aromatic heterocycles. The smallest absolute Gasteiger partial charge is 0.257 e. The predicted octanol–water partition coefficient (Wildman–Crippen LogP) is 5.24. The molecule has 158 valence electrons. The van der Waals surface area contributed by atoms with E-state index in [4.69, 9.17) is 16.6 Å². The van der Waals surface area contributed by atoms with E-state index in [-0.39, 0.29) is 11.0 Å². The number of amides is 1. The van der Waals surface area contributed by atoms with Gasteiger partial charge in [-0.3, -0.25) is 10.1 Å². The van der Waals surface area contributed by atoms with Crippen molar-refractivity contribution in [3.05, 3.63) is 71.3 Å². The van der Waals surface area contributed by atoms with Crippen molar-refractivity contribution < 1.29 is 9.21 Å². The number of aryl methyl sites for hydroxylation is 2. The van der Waals surface area contributed by atoms with Crippen LogP contribution in [-0.2, 0) is 0 Å². The monoisotopic (exact) mass is 459 g/mol. The molecule has 32 heavy (non-hydrogen) atoms. The fourth-order valence-electron chi connectivity index (χ4n) is 3.49. The maximum absolute atomic E-state index is 12.5. The first-order valence-corrected chi connectivity index (χ1v) is 10.9. The molecule has 3 aromatic carbocycles. The Morgan fingerprint density at radius 2 is 1.84 bits per heavy atom. The van der Waals surface area contributed by atoms with Gasteiger partial charge in [-0.1, -0.05) is 12.1 Å². The van der Waals surface area contributed by atoms with Crippen LogP contribution in [0.15, 0.2) is 59.0 Å². The summed E-state index contributed by atoms with van der Waals surface area (Å²) in [5, 5.41) is 5.92. The number of nitrogens with zero attached hydrogens (tertiary/aromatic N) is 3. The molecule has 7 nitrogen and oxygen atoms in total. The fourth-order valence-corrected chi connectivity index (χ4v) is 4.22. The summed E-state index contributed by atoms with van der Waals surface area (Å²) in [5.41, 5.74) is 7.19. The van der Waals surface area contributed by atoms with Crippen LogP contribution in [0.2, 0.25) is 0 Å². The van der Waals surface area contributed by atoms with Gasteiger partial charge in [0.05, 0.1) is 11.7 Å². The van der Waals surface area contributed by atoms with E-state index in [0.29, 0.717) is 22.7 Å². The lowest BCUT2D eigenvalue weighted by atomic mass is 10.1. The maximum atomic E-state index is 12.5. The van der Waals surface area contributed by atoms with Gasteiger partial charge in [-0.25, -0.2) is 4.98 Å². The van der Waals surface area contributed by atoms with Crippen LogP contribution in [0, 0.1) is 13.8 Å². The van der Waals surface area contributed by atoms with E-state index in [9.17, 15) is 4.79 Å². The van der Waals surface area contributed by atoms with Crippen molar-refractivity contribution in [2.75, 3.05) is 5.32 Å². The fraction of sp³-hybridized carbons (Fsp3) is 0.0870. The van der Waals surface area contributed by atoms with Gasteiger partial charge in [0, 0.05) is 16.8 Å². The predicted molar refractivity (Wildman–Crippen MR) is 130 cm³/mol. The van der Waals surface area contributed by atoms with Crippen LogP contribution >= 0.6 is 23.9 Å². The van der Waals surface area contributed by atoms with Crippen molar-refractivity contribution in [1.29, 1.82) is 0 Å². The highest BCUT2D eigenvalue weighted by Crippen LogP contribution is 2.28. The van der Waals surface area contributed by atoms with Crippen LogP contribution < -0.4 is 10.6 Å². The van der Waals surface area contributed by atoms with Gasteiger partial charge in [-0.2, -0.15) is 8.75 Å². The number of rotatable bonds is 3. The van der Waals surface area contributed by atoms with Gasteiger partial charge in [-0.15, -0.1) is 0 Å². The highest BCUT2D eigenvalue weighted by atomic mass is 32.1. The number of nitrogens with one attached hydrogen (secondary N) is 2. The number of fused-ring (bicyclic) bond motifs is 2. The number of carbonyl (C=O) groups excluding carboxylic acids is 1. The maximum Gasteiger partial charge on any atom is 0.257 e. The number of anilines is 1. The van der Waals surface area contributed by atoms with Crippen molar-refractivity contribution in [1.82, 2.24) is 19.0 Å². The molecule has 0 radical (unpaired) electrons. The van der Waals surface area contributed by atoms with E-state index in [1.165, 1.54) is 0 Å². The quantitative estimate of drug-likeness (QED) is 0.356. The molecule has 0 saturated heterocycles. The van der Waals surface area contributed by atoms with E-state index < -0.39 is 0 Å². The van der Waals surface area contributed by atoms with Crippen molar-refractivity contribution in [3.63, 3.8) is 0 Å². The first-order chi connectivity index (χ1) is 15.5. The average molecular weight is 460 g/mol. The standard InChI is InChI=1S/C23H17N5O2S2/c1-12-8-13(2)20-19(9-12)25-22(30-20)15-4-3-5-16(10-15)24-23(31)26-21(29)14-6-7-17-18(11-14)28-32-27-17/h3-11H,1-2H3,(H2,24,26,29,31). The largest absolute Gasteiger partial charge is 0.436 e. The van der Waals surface area contributed by atoms with Crippen molar-refractivity contribution >= 4 is 62.8 Å². The highest BCUT2D eigenvalue weighted by molar-refractivity contribution is 7.80. The van der Waals surface area contributed by atoms with Crippen LogP contribution in [-0.4, -0.2) is 24.8 Å². The average Bonchev–Trinajstić information content (AvgIpc) is 3.40. The zero-order valence-corrected chi connectivity index (χ0v) is 18.8. The zero-order valence-electron chi connectivity index (χ0n) is 17.2. The summed E-state index contributed by atoms with van der Waals surface area (Å²) in [6.07, 6.45) is 0. The molecule has 0 spiro atoms. The number of hydrogen-bond acceptors (Lipinski definition) is 7. The molecule has 0 saturated carbocycles. The lowest BCUT2D eigenvalue weighted by Crippen LogP contribution is -2.34. The second kappa shape index (κ2) is 8.10. The Balaban J connectivity index is 1.32. The normalized spacial score (nSPS) is 11.1. The van der Waals surface area contributed by atoms with Gasteiger partial charge in [0.15, 0.2) is 10.7 Å². The number of oxazole rings is 1. The molecule has 5 aromatic rings.